The number of aryl methyl sites for hydroxylation is 2. The summed E-state index contributed by atoms with van der Waals surface area (Å²) < 4.78 is 22.5. The van der Waals surface area contributed by atoms with E-state index >= 15 is 0 Å². The first-order valence-electron chi connectivity index (χ1n) is 12.5. The molecule has 0 fully saturated rings. The Bertz CT molecular complexity index is 1490. The smallest absolute Gasteiger partial charge is 0.336 e. The minimum atomic E-state index is -0.612. The average molecular weight is 530 g/mol. The first-order chi connectivity index (χ1) is 18.7. The molecule has 202 valence electrons. The number of hydrogen-bond donors (Lipinski definition) is 1. The molecule has 0 aliphatic heterocycles. The van der Waals surface area contributed by atoms with E-state index < -0.39 is 12.0 Å². The number of nitrogens with one attached hydrogen (secondary N) is 1. The molecule has 0 heterocycles. The molecule has 0 aromatic heterocycles. The van der Waals surface area contributed by atoms with Crippen LogP contribution in [0.25, 0.3) is 17.2 Å². The number of carbonyl (C=O) groups excluding carboxylic acids is 2. The van der Waals surface area contributed by atoms with Gasteiger partial charge in [0.2, 0.25) is 17.1 Å². The summed E-state index contributed by atoms with van der Waals surface area (Å²) in [6.45, 7) is 3.42. The van der Waals surface area contributed by atoms with Crippen LogP contribution in [0.5, 0.6) is 23.0 Å². The highest BCUT2D eigenvalue weighted by atomic mass is 16.6. The lowest BCUT2D eigenvalue weighted by Crippen LogP contribution is -2.26. The van der Waals surface area contributed by atoms with Gasteiger partial charge in [-0.05, 0) is 66.3 Å². The predicted octanol–water partition coefficient (Wildman–Crippen LogP) is 4.79. The van der Waals surface area contributed by atoms with Gasteiger partial charge in [-0.15, -0.1) is 0 Å². The molecule has 3 aromatic carbocycles. The van der Waals surface area contributed by atoms with Crippen LogP contribution in [0, 0.1) is 6.92 Å². The summed E-state index contributed by atoms with van der Waals surface area (Å²) in [5.74, 6) is 0.0450. The Hall–Kier alpha value is -4.59. The summed E-state index contributed by atoms with van der Waals surface area (Å²) in [5, 5.41) is 2.95. The summed E-state index contributed by atoms with van der Waals surface area (Å²) in [5.41, 5.74) is 4.40. The largest absolute Gasteiger partial charge is 0.493 e. The van der Waals surface area contributed by atoms with E-state index in [1.807, 2.05) is 31.2 Å². The van der Waals surface area contributed by atoms with Crippen LogP contribution < -0.4 is 29.7 Å². The first-order valence-corrected chi connectivity index (χ1v) is 12.5. The molecule has 4 rings (SSSR count). The number of benzene rings is 2. The van der Waals surface area contributed by atoms with Gasteiger partial charge in [-0.1, -0.05) is 35.9 Å². The molecule has 1 amide bonds. The minimum absolute atomic E-state index is 0.113. The third-order valence-corrected chi connectivity index (χ3v) is 6.59. The lowest BCUT2D eigenvalue weighted by atomic mass is 9.95. The molecule has 0 spiro atoms. The molecule has 1 N–H and O–H groups in total. The molecule has 1 aliphatic rings. The molecular formula is C31H31NO7. The van der Waals surface area contributed by atoms with Crippen molar-refractivity contribution in [1.82, 2.24) is 5.32 Å². The fourth-order valence-electron chi connectivity index (χ4n) is 4.74. The summed E-state index contributed by atoms with van der Waals surface area (Å²) in [6.07, 6.45) is 4.07. The monoisotopic (exact) mass is 529 g/mol. The van der Waals surface area contributed by atoms with Crippen LogP contribution in [0.1, 0.15) is 41.6 Å². The summed E-state index contributed by atoms with van der Waals surface area (Å²) in [4.78, 5) is 37.8. The summed E-state index contributed by atoms with van der Waals surface area (Å²) in [7, 11) is 4.39. The van der Waals surface area contributed by atoms with Gasteiger partial charge >= 0.3 is 5.97 Å². The van der Waals surface area contributed by atoms with Crippen molar-refractivity contribution < 1.29 is 28.5 Å². The molecule has 0 saturated heterocycles. The Balaban J connectivity index is 1.87. The van der Waals surface area contributed by atoms with Crippen molar-refractivity contribution in [3.63, 3.8) is 0 Å². The number of methoxy groups -OCH3 is 3. The van der Waals surface area contributed by atoms with Crippen molar-refractivity contribution in [3.05, 3.63) is 87.1 Å². The molecule has 0 bridgehead atoms. The molecule has 3 aromatic rings. The number of rotatable bonds is 7. The molecule has 0 radical (unpaired) electrons. The third kappa shape index (κ3) is 5.95. The minimum Gasteiger partial charge on any atom is -0.493 e. The van der Waals surface area contributed by atoms with Gasteiger partial charge in [0.05, 0.1) is 27.4 Å². The second-order valence-corrected chi connectivity index (χ2v) is 9.21. The van der Waals surface area contributed by atoms with E-state index in [-0.39, 0.29) is 28.6 Å². The number of ether oxygens (including phenoxy) is 4. The van der Waals surface area contributed by atoms with E-state index in [9.17, 15) is 14.4 Å². The Kier molecular flexibility index (Phi) is 8.34. The van der Waals surface area contributed by atoms with Crippen molar-refractivity contribution in [2.45, 2.75) is 32.7 Å². The summed E-state index contributed by atoms with van der Waals surface area (Å²) in [6, 6.07) is 13.9. The first kappa shape index (κ1) is 27.4. The fraction of sp³-hybridized carbons (Fsp3) is 0.258. The van der Waals surface area contributed by atoms with E-state index in [1.165, 1.54) is 40.4 Å². The summed E-state index contributed by atoms with van der Waals surface area (Å²) >= 11 is 0. The van der Waals surface area contributed by atoms with Crippen LogP contribution in [0.3, 0.4) is 0 Å². The maximum absolute atomic E-state index is 12.9. The van der Waals surface area contributed by atoms with Crippen molar-refractivity contribution in [2.75, 3.05) is 21.3 Å². The van der Waals surface area contributed by atoms with E-state index in [1.54, 1.807) is 24.3 Å². The van der Waals surface area contributed by atoms with Crippen LogP contribution in [0.15, 0.2) is 59.4 Å². The molecule has 0 saturated carbocycles. The van der Waals surface area contributed by atoms with Gasteiger partial charge < -0.3 is 24.3 Å². The number of amides is 1. The Labute approximate surface area is 227 Å². The SMILES string of the molecule is COc1cc2c(c(OC)c1OC(=O)/C=C/c1ccc(C)cc1)-c1ccc(OC)c(=O)cc1C(NC(C)=O)CC2. The Morgan fingerprint density at radius 2 is 1.64 bits per heavy atom. The van der Waals surface area contributed by atoms with Crippen molar-refractivity contribution >= 4 is 18.0 Å². The van der Waals surface area contributed by atoms with E-state index in [0.29, 0.717) is 35.3 Å². The number of fused-ring (bicyclic) bond motifs is 3. The zero-order valence-corrected chi connectivity index (χ0v) is 22.6. The van der Waals surface area contributed by atoms with Gasteiger partial charge in [0.25, 0.3) is 0 Å². The zero-order chi connectivity index (χ0) is 28.1. The van der Waals surface area contributed by atoms with Crippen molar-refractivity contribution in [1.29, 1.82) is 0 Å². The predicted molar refractivity (Wildman–Crippen MR) is 149 cm³/mol. The van der Waals surface area contributed by atoms with Crippen LogP contribution in [0.2, 0.25) is 0 Å². The third-order valence-electron chi connectivity index (χ3n) is 6.59. The molecular weight excluding hydrogens is 498 g/mol. The van der Waals surface area contributed by atoms with Crippen LogP contribution in [-0.2, 0) is 16.0 Å². The Morgan fingerprint density at radius 1 is 0.923 bits per heavy atom. The van der Waals surface area contributed by atoms with E-state index in [4.69, 9.17) is 18.9 Å². The number of carbonyl (C=O) groups is 2. The molecule has 8 heteroatoms. The second kappa shape index (κ2) is 11.9. The molecule has 8 nitrogen and oxygen atoms in total. The molecule has 1 atom stereocenters. The van der Waals surface area contributed by atoms with Gasteiger partial charge in [-0.25, -0.2) is 4.79 Å². The quantitative estimate of drug-likeness (QED) is 0.267. The maximum atomic E-state index is 12.9. The lowest BCUT2D eigenvalue weighted by Gasteiger charge is -2.20. The lowest BCUT2D eigenvalue weighted by molar-refractivity contribution is -0.129. The average Bonchev–Trinajstić information content (AvgIpc) is 3.16. The van der Waals surface area contributed by atoms with Crippen LogP contribution >= 0.6 is 0 Å². The molecule has 1 aliphatic carbocycles. The normalized spacial score (nSPS) is 14.0. The second-order valence-electron chi connectivity index (χ2n) is 9.21. The van der Waals surface area contributed by atoms with Gasteiger partial charge in [0, 0.05) is 18.6 Å². The van der Waals surface area contributed by atoms with Gasteiger partial charge in [-0.3, -0.25) is 9.59 Å². The van der Waals surface area contributed by atoms with Crippen LogP contribution in [-0.4, -0.2) is 33.2 Å². The zero-order valence-electron chi connectivity index (χ0n) is 22.6. The topological polar surface area (TPSA) is 100 Å². The van der Waals surface area contributed by atoms with E-state index in [2.05, 4.69) is 5.32 Å². The van der Waals surface area contributed by atoms with Crippen molar-refractivity contribution in [2.24, 2.45) is 0 Å². The van der Waals surface area contributed by atoms with E-state index in [0.717, 1.165) is 16.7 Å². The van der Waals surface area contributed by atoms with Crippen LogP contribution in [0.4, 0.5) is 0 Å². The maximum Gasteiger partial charge on any atom is 0.336 e. The van der Waals surface area contributed by atoms with Gasteiger partial charge in [0.15, 0.2) is 17.2 Å². The standard InChI is InChI=1S/C31H31NO7/c1-18-6-8-20(9-7-18)10-15-28(35)39-30-27(37-4)16-21-11-13-24(32-19(2)33)23-17-25(34)26(36-3)14-12-22(23)29(21)31(30)38-5/h6-10,12,14-17,24H,11,13H2,1-5H3,(H,32,33)/b15-10+. The van der Waals surface area contributed by atoms with Crippen molar-refractivity contribution in [3.8, 4) is 34.1 Å². The molecule has 39 heavy (non-hydrogen) atoms. The highest BCUT2D eigenvalue weighted by Crippen LogP contribution is 2.50. The highest BCUT2D eigenvalue weighted by Gasteiger charge is 2.30. The van der Waals surface area contributed by atoms with Gasteiger partial charge in [0.1, 0.15) is 0 Å². The Morgan fingerprint density at radius 3 is 2.28 bits per heavy atom. The highest BCUT2D eigenvalue weighted by molar-refractivity contribution is 5.91. The number of hydrogen-bond acceptors (Lipinski definition) is 7. The fourth-order valence-corrected chi connectivity index (χ4v) is 4.74. The van der Waals surface area contributed by atoms with Gasteiger partial charge in [-0.2, -0.15) is 0 Å². The number of esters is 1. The molecule has 1 unspecified atom stereocenters.